The first-order valence-electron chi connectivity index (χ1n) is 5.08. The fourth-order valence-corrected chi connectivity index (χ4v) is 1.75. The molecule has 0 saturated heterocycles. The van der Waals surface area contributed by atoms with Crippen LogP contribution in [0.15, 0.2) is 60.7 Å². The Kier molecular flexibility index (Phi) is 3.10. The van der Waals surface area contributed by atoms with Crippen molar-refractivity contribution in [2.24, 2.45) is 0 Å². The molecular formula is C14H11FO. The van der Waals surface area contributed by atoms with Gasteiger partial charge in [0.2, 0.25) is 0 Å². The standard InChI is InChI=1S/C14H11FO/c15-14(16)13(11-7-3-1-4-8-11)12-9-5-2-6-10-12/h1-10,13H. The number of carbonyl (C=O) groups excluding carboxylic acids is 1. The minimum atomic E-state index is -1.32. The predicted molar refractivity (Wildman–Crippen MR) is 60.8 cm³/mol. The van der Waals surface area contributed by atoms with E-state index in [1.54, 1.807) is 48.5 Å². The molecule has 0 aromatic heterocycles. The number of halogens is 1. The molecule has 0 amide bonds. The lowest BCUT2D eigenvalue weighted by atomic mass is 9.92. The molecule has 2 aromatic rings. The van der Waals surface area contributed by atoms with E-state index in [0.717, 1.165) is 0 Å². The zero-order chi connectivity index (χ0) is 11.4. The van der Waals surface area contributed by atoms with E-state index in [4.69, 9.17) is 0 Å². The Morgan fingerprint density at radius 3 is 1.50 bits per heavy atom. The van der Waals surface area contributed by atoms with Gasteiger partial charge in [-0.05, 0) is 11.1 Å². The fraction of sp³-hybridized carbons (Fsp3) is 0.0714. The molecule has 0 bridgehead atoms. The number of hydrogen-bond donors (Lipinski definition) is 0. The molecule has 0 spiro atoms. The summed E-state index contributed by atoms with van der Waals surface area (Å²) < 4.78 is 13.1. The van der Waals surface area contributed by atoms with Crippen LogP contribution in [0.25, 0.3) is 0 Å². The van der Waals surface area contributed by atoms with Gasteiger partial charge in [-0.3, -0.25) is 4.79 Å². The van der Waals surface area contributed by atoms with Gasteiger partial charge < -0.3 is 0 Å². The molecule has 0 aliphatic carbocycles. The molecule has 0 N–H and O–H groups in total. The summed E-state index contributed by atoms with van der Waals surface area (Å²) >= 11 is 0. The quantitative estimate of drug-likeness (QED) is 0.716. The SMILES string of the molecule is O=C(F)C(c1ccccc1)c1ccccc1. The Bertz CT molecular complexity index is 425. The summed E-state index contributed by atoms with van der Waals surface area (Å²) in [6.45, 7) is 0. The normalized spacial score (nSPS) is 10.4. The number of benzene rings is 2. The van der Waals surface area contributed by atoms with E-state index in [1.165, 1.54) is 0 Å². The third-order valence-corrected chi connectivity index (χ3v) is 2.49. The Labute approximate surface area is 93.5 Å². The van der Waals surface area contributed by atoms with Crippen LogP contribution in [0, 0.1) is 0 Å². The summed E-state index contributed by atoms with van der Waals surface area (Å²) in [5.74, 6) is -0.803. The highest BCUT2D eigenvalue weighted by Gasteiger charge is 2.21. The Morgan fingerprint density at radius 1 is 0.812 bits per heavy atom. The maximum absolute atomic E-state index is 13.1. The predicted octanol–water partition coefficient (Wildman–Crippen LogP) is 3.31. The summed E-state index contributed by atoms with van der Waals surface area (Å²) in [4.78, 5) is 11.1. The van der Waals surface area contributed by atoms with Gasteiger partial charge in [0.15, 0.2) is 0 Å². The Morgan fingerprint density at radius 2 is 1.19 bits per heavy atom. The van der Waals surface area contributed by atoms with Crippen LogP contribution in [-0.4, -0.2) is 6.04 Å². The van der Waals surface area contributed by atoms with Gasteiger partial charge >= 0.3 is 6.04 Å². The van der Waals surface area contributed by atoms with Crippen molar-refractivity contribution >= 4 is 6.04 Å². The second kappa shape index (κ2) is 4.71. The third-order valence-electron chi connectivity index (χ3n) is 2.49. The molecule has 0 atom stereocenters. The summed E-state index contributed by atoms with van der Waals surface area (Å²) in [5.41, 5.74) is 1.36. The smallest absolute Gasteiger partial charge is 0.260 e. The van der Waals surface area contributed by atoms with Crippen LogP contribution in [-0.2, 0) is 4.79 Å². The van der Waals surface area contributed by atoms with Gasteiger partial charge in [0.1, 0.15) is 0 Å². The molecule has 0 unspecified atom stereocenters. The summed E-state index contributed by atoms with van der Waals surface area (Å²) in [5, 5.41) is 0. The molecule has 0 saturated carbocycles. The van der Waals surface area contributed by atoms with Crippen molar-refractivity contribution in [1.82, 2.24) is 0 Å². The van der Waals surface area contributed by atoms with Gasteiger partial charge in [-0.2, -0.15) is 4.39 Å². The number of rotatable bonds is 3. The molecule has 16 heavy (non-hydrogen) atoms. The molecule has 80 valence electrons. The van der Waals surface area contributed by atoms with E-state index >= 15 is 0 Å². The maximum atomic E-state index is 13.1. The van der Waals surface area contributed by atoms with Crippen molar-refractivity contribution in [2.45, 2.75) is 5.92 Å². The van der Waals surface area contributed by atoms with E-state index in [1.807, 2.05) is 12.1 Å². The van der Waals surface area contributed by atoms with Crippen molar-refractivity contribution < 1.29 is 9.18 Å². The van der Waals surface area contributed by atoms with Gasteiger partial charge in [-0.15, -0.1) is 0 Å². The van der Waals surface area contributed by atoms with Crippen molar-refractivity contribution in [3.63, 3.8) is 0 Å². The molecule has 2 heteroatoms. The monoisotopic (exact) mass is 214 g/mol. The molecule has 2 rings (SSSR count). The van der Waals surface area contributed by atoms with Gasteiger partial charge in [0, 0.05) is 0 Å². The van der Waals surface area contributed by atoms with Crippen LogP contribution in [0.4, 0.5) is 4.39 Å². The molecule has 0 aliphatic rings. The maximum Gasteiger partial charge on any atom is 0.313 e. The van der Waals surface area contributed by atoms with Gasteiger partial charge in [-0.1, -0.05) is 60.7 Å². The number of hydrogen-bond acceptors (Lipinski definition) is 1. The minimum absolute atomic E-state index is 0.682. The van der Waals surface area contributed by atoms with Gasteiger partial charge in [0.05, 0.1) is 5.92 Å². The lowest BCUT2D eigenvalue weighted by Crippen LogP contribution is -2.08. The zero-order valence-corrected chi connectivity index (χ0v) is 8.64. The highest BCUT2D eigenvalue weighted by Crippen LogP contribution is 2.25. The first-order valence-corrected chi connectivity index (χ1v) is 5.08. The third kappa shape index (κ3) is 2.16. The molecular weight excluding hydrogens is 203 g/mol. The van der Waals surface area contributed by atoms with E-state index in [9.17, 15) is 9.18 Å². The first-order chi connectivity index (χ1) is 7.79. The van der Waals surface area contributed by atoms with Gasteiger partial charge in [0.25, 0.3) is 0 Å². The average Bonchev–Trinajstić information content (AvgIpc) is 2.31. The Hall–Kier alpha value is -1.96. The topological polar surface area (TPSA) is 17.1 Å². The zero-order valence-electron chi connectivity index (χ0n) is 8.64. The minimum Gasteiger partial charge on any atom is -0.260 e. The summed E-state index contributed by atoms with van der Waals surface area (Å²) in [6.07, 6.45) is 0. The molecule has 1 nitrogen and oxygen atoms in total. The van der Waals surface area contributed by atoms with Crippen LogP contribution < -0.4 is 0 Å². The second-order valence-corrected chi connectivity index (χ2v) is 3.56. The van der Waals surface area contributed by atoms with Crippen molar-refractivity contribution in [1.29, 1.82) is 0 Å². The van der Waals surface area contributed by atoms with E-state index in [2.05, 4.69) is 0 Å². The van der Waals surface area contributed by atoms with Crippen molar-refractivity contribution in [2.75, 3.05) is 0 Å². The molecule has 0 aliphatic heterocycles. The highest BCUT2D eigenvalue weighted by molar-refractivity contribution is 5.81. The average molecular weight is 214 g/mol. The summed E-state index contributed by atoms with van der Waals surface area (Å²) in [7, 11) is 0. The van der Waals surface area contributed by atoms with Crippen LogP contribution in [0.1, 0.15) is 17.0 Å². The highest BCUT2D eigenvalue weighted by atomic mass is 19.1. The second-order valence-electron chi connectivity index (χ2n) is 3.56. The molecule has 0 fully saturated rings. The van der Waals surface area contributed by atoms with E-state index in [-0.39, 0.29) is 0 Å². The van der Waals surface area contributed by atoms with E-state index < -0.39 is 12.0 Å². The number of carbonyl (C=O) groups is 1. The van der Waals surface area contributed by atoms with Crippen LogP contribution >= 0.6 is 0 Å². The summed E-state index contributed by atoms with van der Waals surface area (Å²) in [6, 6.07) is 16.6. The fourth-order valence-electron chi connectivity index (χ4n) is 1.75. The van der Waals surface area contributed by atoms with E-state index in [0.29, 0.717) is 11.1 Å². The van der Waals surface area contributed by atoms with Crippen LogP contribution in [0.5, 0.6) is 0 Å². The largest absolute Gasteiger partial charge is 0.313 e. The molecule has 0 radical (unpaired) electrons. The van der Waals surface area contributed by atoms with Crippen LogP contribution in [0.3, 0.4) is 0 Å². The molecule has 0 heterocycles. The van der Waals surface area contributed by atoms with Gasteiger partial charge in [-0.25, -0.2) is 0 Å². The van der Waals surface area contributed by atoms with Crippen molar-refractivity contribution in [3.8, 4) is 0 Å². The van der Waals surface area contributed by atoms with Crippen LogP contribution in [0.2, 0.25) is 0 Å². The first kappa shape index (κ1) is 10.6. The lowest BCUT2D eigenvalue weighted by Gasteiger charge is -2.11. The molecule has 2 aromatic carbocycles. The lowest BCUT2D eigenvalue weighted by molar-refractivity contribution is -0.129. The Balaban J connectivity index is 2.44. The van der Waals surface area contributed by atoms with Crippen molar-refractivity contribution in [3.05, 3.63) is 71.8 Å².